The number of carbonyl (C=O) groups is 1. The van der Waals surface area contributed by atoms with E-state index in [9.17, 15) is 4.79 Å². The minimum absolute atomic E-state index is 0.130. The molecule has 0 radical (unpaired) electrons. The second kappa shape index (κ2) is 8.96. The summed E-state index contributed by atoms with van der Waals surface area (Å²) < 4.78 is 1.71. The van der Waals surface area contributed by atoms with Gasteiger partial charge in [-0.2, -0.15) is 5.10 Å². The van der Waals surface area contributed by atoms with Crippen molar-refractivity contribution in [2.24, 2.45) is 0 Å². The SMILES string of the molecule is Cc1nc(-c2ccc(CCNC(=O)c3cnn(-c4ccc5ccccc5n4)c3C)cc2)cs1. The van der Waals surface area contributed by atoms with Gasteiger partial charge >= 0.3 is 0 Å². The normalized spacial score (nSPS) is 11.1. The first kappa shape index (κ1) is 21.0. The Morgan fingerprint density at radius 1 is 1.00 bits per heavy atom. The van der Waals surface area contributed by atoms with Gasteiger partial charge in [-0.25, -0.2) is 14.6 Å². The molecule has 0 bridgehead atoms. The third kappa shape index (κ3) is 4.40. The zero-order chi connectivity index (χ0) is 22.8. The lowest BCUT2D eigenvalue weighted by atomic mass is 10.1. The molecule has 0 saturated heterocycles. The molecule has 0 aliphatic carbocycles. The van der Waals surface area contributed by atoms with Crippen molar-refractivity contribution in [1.29, 1.82) is 0 Å². The monoisotopic (exact) mass is 453 g/mol. The highest BCUT2D eigenvalue weighted by molar-refractivity contribution is 7.09. The number of hydrogen-bond acceptors (Lipinski definition) is 5. The molecule has 0 fully saturated rings. The maximum atomic E-state index is 12.8. The first-order chi connectivity index (χ1) is 16.1. The zero-order valence-electron chi connectivity index (χ0n) is 18.4. The maximum Gasteiger partial charge on any atom is 0.254 e. The minimum Gasteiger partial charge on any atom is -0.352 e. The van der Waals surface area contributed by atoms with E-state index in [1.807, 2.05) is 50.2 Å². The number of amides is 1. The van der Waals surface area contributed by atoms with Crippen LogP contribution in [0.15, 0.2) is 72.2 Å². The highest BCUT2D eigenvalue weighted by Gasteiger charge is 2.15. The molecule has 0 aliphatic heterocycles. The van der Waals surface area contributed by atoms with Crippen molar-refractivity contribution in [3.63, 3.8) is 0 Å². The van der Waals surface area contributed by atoms with Gasteiger partial charge in [-0.05, 0) is 44.0 Å². The number of pyridine rings is 1. The number of carbonyl (C=O) groups excluding carboxylic acids is 1. The number of rotatable bonds is 6. The number of fused-ring (bicyclic) bond motifs is 1. The zero-order valence-corrected chi connectivity index (χ0v) is 19.3. The molecule has 33 heavy (non-hydrogen) atoms. The molecule has 3 heterocycles. The number of para-hydroxylation sites is 1. The van der Waals surface area contributed by atoms with Gasteiger partial charge in [-0.15, -0.1) is 11.3 Å². The molecule has 3 aromatic heterocycles. The fraction of sp³-hybridized carbons (Fsp3) is 0.154. The van der Waals surface area contributed by atoms with Crippen molar-refractivity contribution in [3.05, 3.63) is 94.1 Å². The highest BCUT2D eigenvalue weighted by Crippen LogP contribution is 2.22. The lowest BCUT2D eigenvalue weighted by molar-refractivity contribution is 0.0953. The van der Waals surface area contributed by atoms with Gasteiger partial charge in [-0.3, -0.25) is 4.79 Å². The van der Waals surface area contributed by atoms with Crippen LogP contribution in [0.5, 0.6) is 0 Å². The Labute approximate surface area is 196 Å². The van der Waals surface area contributed by atoms with Crippen LogP contribution in [-0.4, -0.2) is 32.2 Å². The van der Waals surface area contributed by atoms with Crippen molar-refractivity contribution in [1.82, 2.24) is 25.1 Å². The number of aromatic nitrogens is 4. The Morgan fingerprint density at radius 2 is 1.82 bits per heavy atom. The topological polar surface area (TPSA) is 72.7 Å². The maximum absolute atomic E-state index is 12.8. The van der Waals surface area contributed by atoms with Crippen molar-refractivity contribution in [3.8, 4) is 17.1 Å². The molecule has 0 aliphatic rings. The molecule has 7 heteroatoms. The van der Waals surface area contributed by atoms with Crippen LogP contribution in [0.2, 0.25) is 0 Å². The standard InChI is InChI=1S/C26H23N5OS/c1-17-22(15-28-31(17)25-12-11-20-5-3-4-6-23(20)30-25)26(32)27-14-13-19-7-9-21(10-8-19)24-16-33-18(2)29-24/h3-12,15-16H,13-14H2,1-2H3,(H,27,32). The number of nitrogens with zero attached hydrogens (tertiary/aromatic N) is 4. The molecule has 0 unspecified atom stereocenters. The van der Waals surface area contributed by atoms with Crippen LogP contribution in [0.4, 0.5) is 0 Å². The Morgan fingerprint density at radius 3 is 2.61 bits per heavy atom. The molecule has 1 N–H and O–H groups in total. The van der Waals surface area contributed by atoms with E-state index in [4.69, 9.17) is 0 Å². The summed E-state index contributed by atoms with van der Waals surface area (Å²) in [5.74, 6) is 0.565. The summed E-state index contributed by atoms with van der Waals surface area (Å²) in [5, 5.41) is 11.6. The van der Waals surface area contributed by atoms with Crippen molar-refractivity contribution in [2.45, 2.75) is 20.3 Å². The van der Waals surface area contributed by atoms with Crippen molar-refractivity contribution < 1.29 is 4.79 Å². The third-order valence-corrected chi connectivity index (χ3v) is 6.40. The molecular formula is C26H23N5OS. The van der Waals surface area contributed by atoms with Gasteiger partial charge in [0.25, 0.3) is 5.91 Å². The van der Waals surface area contributed by atoms with Crippen LogP contribution in [0.1, 0.15) is 26.6 Å². The molecule has 0 atom stereocenters. The van der Waals surface area contributed by atoms with Crippen molar-refractivity contribution in [2.75, 3.05) is 6.54 Å². The molecule has 2 aromatic carbocycles. The van der Waals surface area contributed by atoms with Crippen molar-refractivity contribution >= 4 is 28.1 Å². The Bertz CT molecular complexity index is 1430. The summed E-state index contributed by atoms with van der Waals surface area (Å²) in [6.07, 6.45) is 2.35. The lowest BCUT2D eigenvalue weighted by Gasteiger charge is -2.07. The fourth-order valence-electron chi connectivity index (χ4n) is 3.79. The Kier molecular flexibility index (Phi) is 5.71. The molecule has 1 amide bonds. The van der Waals surface area contributed by atoms with E-state index in [-0.39, 0.29) is 5.91 Å². The summed E-state index contributed by atoms with van der Waals surface area (Å²) in [4.78, 5) is 22.0. The number of thiazole rings is 1. The van der Waals surface area contributed by atoms with E-state index in [1.54, 1.807) is 22.2 Å². The first-order valence-electron chi connectivity index (χ1n) is 10.8. The summed E-state index contributed by atoms with van der Waals surface area (Å²) >= 11 is 1.65. The predicted octanol–water partition coefficient (Wildman–Crippen LogP) is 5.13. The van der Waals surface area contributed by atoms with Gasteiger partial charge in [-0.1, -0.05) is 42.5 Å². The molecule has 0 spiro atoms. The predicted molar refractivity (Wildman–Crippen MR) is 132 cm³/mol. The van der Waals surface area contributed by atoms with Crippen LogP contribution in [0, 0.1) is 13.8 Å². The van der Waals surface area contributed by atoms with Crippen LogP contribution in [-0.2, 0) is 6.42 Å². The highest BCUT2D eigenvalue weighted by atomic mass is 32.1. The summed E-state index contributed by atoms with van der Waals surface area (Å²) in [7, 11) is 0. The molecule has 5 aromatic rings. The second-order valence-corrected chi connectivity index (χ2v) is 8.93. The minimum atomic E-state index is -0.130. The lowest BCUT2D eigenvalue weighted by Crippen LogP contribution is -2.26. The summed E-state index contributed by atoms with van der Waals surface area (Å²) in [6.45, 7) is 4.44. The van der Waals surface area contributed by atoms with Gasteiger partial charge in [0.05, 0.1) is 33.7 Å². The van der Waals surface area contributed by atoms with E-state index in [2.05, 4.69) is 50.0 Å². The molecule has 5 rings (SSSR count). The average Bonchev–Trinajstić information content (AvgIpc) is 3.44. The average molecular weight is 454 g/mol. The van der Waals surface area contributed by atoms with Gasteiger partial charge in [0.1, 0.15) is 0 Å². The van der Waals surface area contributed by atoms with Gasteiger partial charge < -0.3 is 5.32 Å². The number of nitrogens with one attached hydrogen (secondary N) is 1. The quantitative estimate of drug-likeness (QED) is 0.387. The van der Waals surface area contributed by atoms with E-state index in [0.29, 0.717) is 17.9 Å². The smallest absolute Gasteiger partial charge is 0.254 e. The van der Waals surface area contributed by atoms with Crippen LogP contribution in [0.3, 0.4) is 0 Å². The number of benzene rings is 2. The Hall–Kier alpha value is -3.84. The first-order valence-corrected chi connectivity index (χ1v) is 11.7. The van der Waals surface area contributed by atoms with Crippen LogP contribution in [0.25, 0.3) is 28.0 Å². The second-order valence-electron chi connectivity index (χ2n) is 7.87. The van der Waals surface area contributed by atoms with Crippen LogP contribution < -0.4 is 5.32 Å². The van der Waals surface area contributed by atoms with E-state index < -0.39 is 0 Å². The molecule has 164 valence electrons. The molecule has 0 saturated carbocycles. The van der Waals surface area contributed by atoms with E-state index in [1.165, 1.54) is 5.56 Å². The van der Waals surface area contributed by atoms with Gasteiger partial charge in [0, 0.05) is 22.9 Å². The summed E-state index contributed by atoms with van der Waals surface area (Å²) in [6, 6.07) is 20.2. The number of aryl methyl sites for hydroxylation is 1. The van der Waals surface area contributed by atoms with E-state index in [0.717, 1.165) is 39.3 Å². The molecule has 6 nitrogen and oxygen atoms in total. The van der Waals surface area contributed by atoms with Gasteiger partial charge in [0.2, 0.25) is 0 Å². The Balaban J connectivity index is 1.23. The molecular weight excluding hydrogens is 430 g/mol. The largest absolute Gasteiger partial charge is 0.352 e. The fourth-order valence-corrected chi connectivity index (χ4v) is 4.41. The summed E-state index contributed by atoms with van der Waals surface area (Å²) in [5.41, 5.74) is 5.49. The van der Waals surface area contributed by atoms with Crippen LogP contribution >= 0.6 is 11.3 Å². The van der Waals surface area contributed by atoms with E-state index >= 15 is 0 Å². The number of hydrogen-bond donors (Lipinski definition) is 1. The van der Waals surface area contributed by atoms with Gasteiger partial charge in [0.15, 0.2) is 5.82 Å². The third-order valence-electron chi connectivity index (χ3n) is 5.62.